The van der Waals surface area contributed by atoms with Crippen molar-refractivity contribution in [3.8, 4) is 0 Å². The summed E-state index contributed by atoms with van der Waals surface area (Å²) in [6, 6.07) is 6.43. The lowest BCUT2D eigenvalue weighted by Crippen LogP contribution is -2.10. The number of aliphatic imine (C=N–C) groups is 1. The van der Waals surface area contributed by atoms with Crippen molar-refractivity contribution in [2.75, 3.05) is 6.54 Å². The van der Waals surface area contributed by atoms with Crippen molar-refractivity contribution < 1.29 is 4.79 Å². The smallest absolute Gasteiger partial charge is 0.217 e. The number of hydrogen-bond acceptors (Lipinski definition) is 2. The van der Waals surface area contributed by atoms with Gasteiger partial charge in [-0.1, -0.05) is 48.1 Å². The Labute approximate surface area is 139 Å². The van der Waals surface area contributed by atoms with Crippen LogP contribution in [0, 0.1) is 13.8 Å². The lowest BCUT2D eigenvalue weighted by molar-refractivity contribution is -0.118. The largest absolute Gasteiger partial charge is 0.370 e. The SMILES string of the molecule is C\C=C/C(/C=C/c1ccc(C)cc1C)=C\C=NCCCC(N)=O. The molecule has 0 bridgehead atoms. The lowest BCUT2D eigenvalue weighted by Gasteiger charge is -2.01. The third kappa shape index (κ3) is 7.96. The van der Waals surface area contributed by atoms with Gasteiger partial charge in [0.1, 0.15) is 0 Å². The van der Waals surface area contributed by atoms with E-state index < -0.39 is 0 Å². The van der Waals surface area contributed by atoms with Gasteiger partial charge in [-0.3, -0.25) is 9.79 Å². The molecule has 1 aromatic rings. The maximum atomic E-state index is 10.6. The summed E-state index contributed by atoms with van der Waals surface area (Å²) in [5, 5.41) is 0. The van der Waals surface area contributed by atoms with Crippen molar-refractivity contribution in [1.82, 2.24) is 0 Å². The molecule has 0 aliphatic carbocycles. The minimum atomic E-state index is -0.276. The molecular weight excluding hydrogens is 284 g/mol. The van der Waals surface area contributed by atoms with Crippen LogP contribution in [0.1, 0.15) is 36.5 Å². The van der Waals surface area contributed by atoms with Gasteiger partial charge < -0.3 is 5.73 Å². The molecule has 0 aliphatic heterocycles. The number of benzene rings is 1. The van der Waals surface area contributed by atoms with Crippen molar-refractivity contribution >= 4 is 18.2 Å². The molecule has 3 nitrogen and oxygen atoms in total. The number of nitrogens with zero attached hydrogens (tertiary/aromatic N) is 1. The first-order valence-corrected chi connectivity index (χ1v) is 7.89. The molecule has 0 heterocycles. The Morgan fingerprint density at radius 2 is 2.04 bits per heavy atom. The average molecular weight is 310 g/mol. The number of carbonyl (C=O) groups is 1. The van der Waals surface area contributed by atoms with E-state index in [2.05, 4.69) is 49.2 Å². The molecule has 0 radical (unpaired) electrons. The Morgan fingerprint density at radius 1 is 1.26 bits per heavy atom. The van der Waals surface area contributed by atoms with E-state index in [0.29, 0.717) is 19.4 Å². The molecule has 0 spiro atoms. The number of nitrogens with two attached hydrogens (primary N) is 1. The summed E-state index contributed by atoms with van der Waals surface area (Å²) in [6.07, 6.45) is 13.0. The van der Waals surface area contributed by atoms with Gasteiger partial charge in [0.2, 0.25) is 5.91 Å². The molecule has 1 amide bonds. The van der Waals surface area contributed by atoms with Crippen LogP contribution >= 0.6 is 0 Å². The minimum absolute atomic E-state index is 0.276. The zero-order valence-corrected chi connectivity index (χ0v) is 14.3. The van der Waals surface area contributed by atoms with E-state index in [9.17, 15) is 4.79 Å². The van der Waals surface area contributed by atoms with Crippen LogP contribution in [0.5, 0.6) is 0 Å². The van der Waals surface area contributed by atoms with Gasteiger partial charge in [0.05, 0.1) is 0 Å². The highest BCUT2D eigenvalue weighted by Gasteiger charge is 1.94. The zero-order chi connectivity index (χ0) is 17.1. The molecule has 2 N–H and O–H groups in total. The van der Waals surface area contributed by atoms with Gasteiger partial charge >= 0.3 is 0 Å². The Balaban J connectivity index is 2.70. The average Bonchev–Trinajstić information content (AvgIpc) is 2.49. The molecule has 3 heteroatoms. The number of allylic oxidation sites excluding steroid dienone is 5. The number of aryl methyl sites for hydroxylation is 2. The normalized spacial score (nSPS) is 12.7. The summed E-state index contributed by atoms with van der Waals surface area (Å²) in [4.78, 5) is 14.9. The highest BCUT2D eigenvalue weighted by atomic mass is 16.1. The van der Waals surface area contributed by atoms with E-state index in [1.807, 2.05) is 25.2 Å². The van der Waals surface area contributed by atoms with Crippen LogP contribution in [0.25, 0.3) is 6.08 Å². The molecule has 1 rings (SSSR count). The molecule has 0 saturated carbocycles. The molecule has 0 aliphatic rings. The van der Waals surface area contributed by atoms with Crippen LogP contribution in [0.15, 0.2) is 53.1 Å². The van der Waals surface area contributed by atoms with Crippen LogP contribution in [0.3, 0.4) is 0 Å². The topological polar surface area (TPSA) is 55.4 Å². The zero-order valence-electron chi connectivity index (χ0n) is 14.3. The molecule has 23 heavy (non-hydrogen) atoms. The quantitative estimate of drug-likeness (QED) is 0.437. The summed E-state index contributed by atoms with van der Waals surface area (Å²) in [5.41, 5.74) is 9.91. The third-order valence-corrected chi connectivity index (χ3v) is 3.32. The van der Waals surface area contributed by atoms with Crippen molar-refractivity contribution in [3.63, 3.8) is 0 Å². The standard InChI is InChI=1S/C20H26N2O/c1-4-6-18(12-14-22-13-5-7-20(21)23)9-11-19-10-8-16(2)15-17(19)3/h4,6,8-12,14-15H,5,7,13H2,1-3H3,(H2,21,23)/b6-4-,11-9+,18-12+,22-14?. The van der Waals surface area contributed by atoms with Gasteiger partial charge in [0, 0.05) is 19.2 Å². The van der Waals surface area contributed by atoms with Crippen molar-refractivity contribution in [2.24, 2.45) is 10.7 Å². The molecule has 122 valence electrons. The molecule has 0 unspecified atom stereocenters. The molecule has 0 fully saturated rings. The van der Waals surface area contributed by atoms with E-state index in [4.69, 9.17) is 5.73 Å². The van der Waals surface area contributed by atoms with Crippen LogP contribution in [0.4, 0.5) is 0 Å². The number of hydrogen-bond donors (Lipinski definition) is 1. The Kier molecular flexibility index (Phi) is 8.37. The third-order valence-electron chi connectivity index (χ3n) is 3.32. The summed E-state index contributed by atoms with van der Waals surface area (Å²) < 4.78 is 0. The Hall–Kier alpha value is -2.42. The van der Waals surface area contributed by atoms with Crippen LogP contribution < -0.4 is 5.73 Å². The lowest BCUT2D eigenvalue weighted by atomic mass is 10.0. The minimum Gasteiger partial charge on any atom is -0.370 e. The van der Waals surface area contributed by atoms with Crippen molar-refractivity contribution in [1.29, 1.82) is 0 Å². The van der Waals surface area contributed by atoms with Gasteiger partial charge in [-0.25, -0.2) is 0 Å². The fourth-order valence-corrected chi connectivity index (χ4v) is 2.12. The van der Waals surface area contributed by atoms with E-state index in [0.717, 1.165) is 5.57 Å². The first kappa shape index (κ1) is 18.6. The van der Waals surface area contributed by atoms with Crippen LogP contribution in [0.2, 0.25) is 0 Å². The van der Waals surface area contributed by atoms with Crippen molar-refractivity contribution in [3.05, 3.63) is 64.8 Å². The second kappa shape index (κ2) is 10.3. The number of amides is 1. The highest BCUT2D eigenvalue weighted by Crippen LogP contribution is 2.13. The highest BCUT2D eigenvalue weighted by molar-refractivity contribution is 5.75. The molecule has 0 aromatic heterocycles. The van der Waals surface area contributed by atoms with E-state index in [1.165, 1.54) is 16.7 Å². The van der Waals surface area contributed by atoms with E-state index in [1.54, 1.807) is 6.21 Å². The summed E-state index contributed by atoms with van der Waals surface area (Å²) in [5.74, 6) is -0.276. The number of rotatable bonds is 8. The first-order chi connectivity index (χ1) is 11.0. The molecule has 1 aromatic carbocycles. The predicted molar refractivity (Wildman–Crippen MR) is 99.6 cm³/mol. The van der Waals surface area contributed by atoms with Gasteiger partial charge in [-0.15, -0.1) is 0 Å². The van der Waals surface area contributed by atoms with Crippen LogP contribution in [-0.4, -0.2) is 18.7 Å². The number of carbonyl (C=O) groups excluding carboxylic acids is 1. The van der Waals surface area contributed by atoms with Crippen LogP contribution in [-0.2, 0) is 4.79 Å². The molecular formula is C20H26N2O. The second-order valence-corrected chi connectivity index (χ2v) is 5.49. The summed E-state index contributed by atoms with van der Waals surface area (Å²) in [6.45, 7) is 6.82. The fourth-order valence-electron chi connectivity index (χ4n) is 2.12. The van der Waals surface area contributed by atoms with E-state index in [-0.39, 0.29) is 5.91 Å². The maximum absolute atomic E-state index is 10.6. The van der Waals surface area contributed by atoms with Gasteiger partial charge in [-0.05, 0) is 50.0 Å². The van der Waals surface area contributed by atoms with Gasteiger partial charge in [-0.2, -0.15) is 0 Å². The fraction of sp³-hybridized carbons (Fsp3) is 0.300. The Morgan fingerprint density at radius 3 is 2.70 bits per heavy atom. The summed E-state index contributed by atoms with van der Waals surface area (Å²) >= 11 is 0. The van der Waals surface area contributed by atoms with Gasteiger partial charge in [0.15, 0.2) is 0 Å². The van der Waals surface area contributed by atoms with E-state index >= 15 is 0 Å². The monoisotopic (exact) mass is 310 g/mol. The molecule has 0 saturated heterocycles. The summed E-state index contributed by atoms with van der Waals surface area (Å²) in [7, 11) is 0. The van der Waals surface area contributed by atoms with Gasteiger partial charge in [0.25, 0.3) is 0 Å². The van der Waals surface area contributed by atoms with Crippen molar-refractivity contribution in [2.45, 2.75) is 33.6 Å². The first-order valence-electron chi connectivity index (χ1n) is 7.89. The predicted octanol–water partition coefficient (Wildman–Crippen LogP) is 4.16. The second-order valence-electron chi connectivity index (χ2n) is 5.49. The number of primary amides is 1. The molecule has 0 atom stereocenters. The Bertz CT molecular complexity index is 637. The maximum Gasteiger partial charge on any atom is 0.217 e.